The zero-order valence-electron chi connectivity index (χ0n) is 19.8. The molecule has 9 nitrogen and oxygen atoms in total. The van der Waals surface area contributed by atoms with Crippen LogP contribution in [-0.4, -0.2) is 65.6 Å². The molecular weight excluding hydrogens is 432 g/mol. The van der Waals surface area contributed by atoms with Gasteiger partial charge < -0.3 is 21.3 Å². The molecule has 4 amide bonds. The van der Waals surface area contributed by atoms with Crippen LogP contribution in [-0.2, 0) is 24.0 Å². The molecule has 0 aromatic heterocycles. The fourth-order valence-electron chi connectivity index (χ4n) is 3.20. The summed E-state index contributed by atoms with van der Waals surface area (Å²) in [6.07, 6.45) is 5.39. The van der Waals surface area contributed by atoms with Crippen LogP contribution in [0.4, 0.5) is 0 Å². The van der Waals surface area contributed by atoms with Gasteiger partial charge in [0.25, 0.3) is 5.91 Å². The van der Waals surface area contributed by atoms with Crippen LogP contribution in [0.1, 0.15) is 66.2 Å². The average molecular weight is 471 g/mol. The molecule has 1 aliphatic carbocycles. The molecule has 1 aliphatic rings. The Labute approximate surface area is 195 Å². The van der Waals surface area contributed by atoms with E-state index in [-0.39, 0.29) is 17.9 Å². The van der Waals surface area contributed by atoms with Crippen molar-refractivity contribution in [3.63, 3.8) is 0 Å². The number of hydrogen-bond acceptors (Lipinski definition) is 6. The summed E-state index contributed by atoms with van der Waals surface area (Å²) in [5.41, 5.74) is 0. The van der Waals surface area contributed by atoms with Gasteiger partial charge in [-0.05, 0) is 50.0 Å². The summed E-state index contributed by atoms with van der Waals surface area (Å²) >= 11 is 1.51. The maximum Gasteiger partial charge on any atom is 0.289 e. The lowest BCUT2D eigenvalue weighted by Crippen LogP contribution is -2.57. The quantitative estimate of drug-likeness (QED) is 0.263. The highest BCUT2D eigenvalue weighted by Gasteiger charge is 2.33. The monoisotopic (exact) mass is 470 g/mol. The van der Waals surface area contributed by atoms with E-state index in [4.69, 9.17) is 0 Å². The number of rotatable bonds is 15. The topological polar surface area (TPSA) is 133 Å². The van der Waals surface area contributed by atoms with E-state index in [1.165, 1.54) is 18.7 Å². The Kier molecular flexibility index (Phi) is 12.3. The number of carbonyl (C=O) groups is 5. The summed E-state index contributed by atoms with van der Waals surface area (Å²) in [4.78, 5) is 62.1. The molecule has 0 aliphatic heterocycles. The SMILES string of the molecule is CCC[C@H](NC(C)=O)C(=O)N[C@@H](CC(C)C)C(=O)N[C@@H](CCSC)C(=O)C(=O)NC1CC1. The van der Waals surface area contributed by atoms with E-state index in [1.54, 1.807) is 0 Å². The van der Waals surface area contributed by atoms with E-state index in [2.05, 4.69) is 21.3 Å². The zero-order valence-corrected chi connectivity index (χ0v) is 20.6. The van der Waals surface area contributed by atoms with Gasteiger partial charge in [-0.2, -0.15) is 11.8 Å². The van der Waals surface area contributed by atoms with E-state index in [1.807, 2.05) is 27.0 Å². The summed E-state index contributed by atoms with van der Waals surface area (Å²) in [7, 11) is 0. The third-order valence-corrected chi connectivity index (χ3v) is 5.64. The van der Waals surface area contributed by atoms with Crippen LogP contribution in [0.3, 0.4) is 0 Å². The smallest absolute Gasteiger partial charge is 0.289 e. The predicted molar refractivity (Wildman–Crippen MR) is 125 cm³/mol. The van der Waals surface area contributed by atoms with Crippen LogP contribution in [0.5, 0.6) is 0 Å². The first-order valence-electron chi connectivity index (χ1n) is 11.3. The first-order chi connectivity index (χ1) is 15.1. The number of hydrogen-bond donors (Lipinski definition) is 4. The van der Waals surface area contributed by atoms with Crippen molar-refractivity contribution in [3.8, 4) is 0 Å². The fraction of sp³-hybridized carbons (Fsp3) is 0.773. The largest absolute Gasteiger partial charge is 0.347 e. The van der Waals surface area contributed by atoms with Crippen LogP contribution >= 0.6 is 11.8 Å². The van der Waals surface area contributed by atoms with Gasteiger partial charge in [-0.3, -0.25) is 24.0 Å². The van der Waals surface area contributed by atoms with Crippen molar-refractivity contribution in [2.45, 2.75) is 90.4 Å². The van der Waals surface area contributed by atoms with Crippen molar-refractivity contribution in [2.75, 3.05) is 12.0 Å². The molecule has 10 heteroatoms. The summed E-state index contributed by atoms with van der Waals surface area (Å²) in [6, 6.07) is -2.53. The standard InChI is InChI=1S/C22H38N4O5S/c1-6-7-17(23-14(4)27)20(29)26-18(12-13(2)3)21(30)25-16(10-11-32-5)19(28)22(31)24-15-8-9-15/h13,15-18H,6-12H2,1-5H3,(H,23,27)(H,24,31)(H,25,30)(H,26,29)/t16-,17-,18-/m0/s1. The molecule has 4 N–H and O–H groups in total. The Morgan fingerprint density at radius 2 is 1.50 bits per heavy atom. The van der Waals surface area contributed by atoms with Crippen molar-refractivity contribution in [1.29, 1.82) is 0 Å². The van der Waals surface area contributed by atoms with Crippen molar-refractivity contribution < 1.29 is 24.0 Å². The highest BCUT2D eigenvalue weighted by atomic mass is 32.2. The molecule has 0 aromatic rings. The minimum Gasteiger partial charge on any atom is -0.347 e. The lowest BCUT2D eigenvalue weighted by Gasteiger charge is -2.26. The van der Waals surface area contributed by atoms with Gasteiger partial charge in [0.1, 0.15) is 12.1 Å². The van der Waals surface area contributed by atoms with Gasteiger partial charge in [-0.15, -0.1) is 0 Å². The van der Waals surface area contributed by atoms with Crippen LogP contribution in [0.25, 0.3) is 0 Å². The van der Waals surface area contributed by atoms with Crippen LogP contribution in [0.15, 0.2) is 0 Å². The molecule has 0 radical (unpaired) electrons. The van der Waals surface area contributed by atoms with Gasteiger partial charge in [0, 0.05) is 13.0 Å². The third-order valence-electron chi connectivity index (χ3n) is 4.99. The first-order valence-corrected chi connectivity index (χ1v) is 12.7. The zero-order chi connectivity index (χ0) is 24.3. The molecule has 1 rings (SSSR count). The Bertz CT molecular complexity index is 681. The molecule has 0 aromatic carbocycles. The lowest BCUT2D eigenvalue weighted by molar-refractivity contribution is -0.140. The van der Waals surface area contributed by atoms with Crippen molar-refractivity contribution in [1.82, 2.24) is 21.3 Å². The number of ketones is 1. The highest BCUT2D eigenvalue weighted by molar-refractivity contribution is 7.98. The van der Waals surface area contributed by atoms with E-state index < -0.39 is 41.6 Å². The van der Waals surface area contributed by atoms with Gasteiger partial charge in [0.2, 0.25) is 23.5 Å². The normalized spacial score (nSPS) is 15.9. The van der Waals surface area contributed by atoms with E-state index in [9.17, 15) is 24.0 Å². The van der Waals surface area contributed by atoms with Gasteiger partial charge >= 0.3 is 0 Å². The summed E-state index contributed by atoms with van der Waals surface area (Å²) < 4.78 is 0. The molecule has 1 saturated carbocycles. The second-order valence-electron chi connectivity index (χ2n) is 8.69. The molecule has 3 atom stereocenters. The second-order valence-corrected chi connectivity index (χ2v) is 9.67. The van der Waals surface area contributed by atoms with Crippen LogP contribution in [0.2, 0.25) is 0 Å². The Morgan fingerprint density at radius 3 is 2.00 bits per heavy atom. The van der Waals surface area contributed by atoms with Crippen LogP contribution in [0, 0.1) is 5.92 Å². The van der Waals surface area contributed by atoms with Gasteiger partial charge in [-0.25, -0.2) is 0 Å². The summed E-state index contributed by atoms with van der Waals surface area (Å²) in [5, 5.41) is 10.7. The van der Waals surface area contributed by atoms with Gasteiger partial charge in [0.15, 0.2) is 0 Å². The van der Waals surface area contributed by atoms with Crippen molar-refractivity contribution in [2.24, 2.45) is 5.92 Å². The number of amides is 4. The molecule has 0 bridgehead atoms. The lowest BCUT2D eigenvalue weighted by atomic mass is 10.0. The van der Waals surface area contributed by atoms with Crippen LogP contribution < -0.4 is 21.3 Å². The fourth-order valence-corrected chi connectivity index (χ4v) is 3.67. The Hall–Kier alpha value is -2.10. The van der Waals surface area contributed by atoms with Crippen molar-refractivity contribution in [3.05, 3.63) is 0 Å². The molecule has 0 unspecified atom stereocenters. The summed E-state index contributed by atoms with van der Waals surface area (Å²) in [5.74, 6) is -1.95. The number of thioether (sulfide) groups is 1. The molecule has 0 saturated heterocycles. The Morgan fingerprint density at radius 1 is 0.906 bits per heavy atom. The third kappa shape index (κ3) is 10.5. The van der Waals surface area contributed by atoms with Gasteiger partial charge in [0.05, 0.1) is 6.04 Å². The van der Waals surface area contributed by atoms with Crippen molar-refractivity contribution >= 4 is 41.2 Å². The highest BCUT2D eigenvalue weighted by Crippen LogP contribution is 2.18. The van der Waals surface area contributed by atoms with E-state index >= 15 is 0 Å². The Balaban J connectivity index is 2.90. The molecule has 182 valence electrons. The number of Topliss-reactive ketones (excluding diaryl/α,β-unsaturated/α-hetero) is 1. The minimum absolute atomic E-state index is 0.0422. The molecule has 0 spiro atoms. The molecular formula is C22H38N4O5S. The predicted octanol–water partition coefficient (Wildman–Crippen LogP) is 0.908. The maximum atomic E-state index is 13.0. The van der Waals surface area contributed by atoms with E-state index in [0.29, 0.717) is 31.4 Å². The summed E-state index contributed by atoms with van der Waals surface area (Å²) in [6.45, 7) is 7.07. The number of carbonyl (C=O) groups excluding carboxylic acids is 5. The molecule has 1 fully saturated rings. The van der Waals surface area contributed by atoms with E-state index in [0.717, 1.165) is 12.8 Å². The molecule has 0 heterocycles. The van der Waals surface area contributed by atoms with Gasteiger partial charge in [-0.1, -0.05) is 27.2 Å². The minimum atomic E-state index is -0.956. The molecule has 32 heavy (non-hydrogen) atoms. The number of nitrogens with one attached hydrogen (secondary N) is 4. The first kappa shape index (κ1) is 27.9. The average Bonchev–Trinajstić information content (AvgIpc) is 3.52. The second kappa shape index (κ2) is 14.1. The maximum absolute atomic E-state index is 13.0.